The zero-order chi connectivity index (χ0) is 23.9. The van der Waals surface area contributed by atoms with Crippen LogP contribution in [0.15, 0.2) is 53.7 Å². The van der Waals surface area contributed by atoms with E-state index >= 15 is 0 Å². The van der Waals surface area contributed by atoms with E-state index in [1.165, 1.54) is 4.31 Å². The van der Waals surface area contributed by atoms with Crippen LogP contribution in [0.3, 0.4) is 0 Å². The summed E-state index contributed by atoms with van der Waals surface area (Å²) in [7, 11) is -3.64. The first kappa shape index (κ1) is 23.3. The van der Waals surface area contributed by atoms with Crippen molar-refractivity contribution in [2.24, 2.45) is 0 Å². The lowest BCUT2D eigenvalue weighted by atomic mass is 9.95. The van der Waals surface area contributed by atoms with E-state index < -0.39 is 10.0 Å². The Kier molecular flexibility index (Phi) is 6.20. The number of amides is 1. The van der Waals surface area contributed by atoms with Gasteiger partial charge in [0, 0.05) is 49.8 Å². The summed E-state index contributed by atoms with van der Waals surface area (Å²) in [6.07, 6.45) is 3.91. The normalized spacial score (nSPS) is 15.1. The first-order valence-electron chi connectivity index (χ1n) is 11.2. The lowest BCUT2D eigenvalue weighted by Gasteiger charge is -2.35. The maximum absolute atomic E-state index is 13.6. The Morgan fingerprint density at radius 2 is 1.21 bits per heavy atom. The number of carbonyl (C=O) groups excluding carboxylic acids is 1. The molecule has 2 aromatic carbocycles. The summed E-state index contributed by atoms with van der Waals surface area (Å²) in [6.45, 7) is 11.1. The number of hydrogen-bond acceptors (Lipinski definition) is 3. The molecule has 0 N–H and O–H groups in total. The first-order chi connectivity index (χ1) is 15.6. The molecule has 3 aromatic rings. The molecule has 33 heavy (non-hydrogen) atoms. The van der Waals surface area contributed by atoms with E-state index in [0.29, 0.717) is 36.6 Å². The molecule has 0 spiro atoms. The molecule has 0 atom stereocenters. The number of carbonyl (C=O) groups is 1. The molecule has 6 nitrogen and oxygen atoms in total. The Balaban J connectivity index is 1.49. The Hall–Kier alpha value is -2.90. The molecule has 1 aliphatic rings. The number of sulfonamides is 1. The van der Waals surface area contributed by atoms with Crippen LogP contribution < -0.4 is 0 Å². The topological polar surface area (TPSA) is 62.6 Å². The number of hydrogen-bond donors (Lipinski definition) is 0. The maximum atomic E-state index is 13.6. The van der Waals surface area contributed by atoms with Gasteiger partial charge in [-0.25, -0.2) is 8.42 Å². The SMILES string of the molecule is Cc1c(C)c(C)c(S(=O)(=O)N2CCN(C(=O)c3ccc(-n4cccc4)cc3)CC2)c(C)c1C. The van der Waals surface area contributed by atoms with E-state index in [4.69, 9.17) is 0 Å². The molecule has 174 valence electrons. The van der Waals surface area contributed by atoms with Gasteiger partial charge in [0.25, 0.3) is 5.91 Å². The number of benzene rings is 2. The predicted molar refractivity (Wildman–Crippen MR) is 131 cm³/mol. The molecule has 1 aromatic heterocycles. The molecule has 1 amide bonds. The van der Waals surface area contributed by atoms with E-state index in [9.17, 15) is 13.2 Å². The predicted octanol–water partition coefficient (Wildman–Crippen LogP) is 4.17. The van der Waals surface area contributed by atoms with Crippen molar-refractivity contribution in [1.82, 2.24) is 13.8 Å². The van der Waals surface area contributed by atoms with E-state index in [-0.39, 0.29) is 5.91 Å². The van der Waals surface area contributed by atoms with Crippen molar-refractivity contribution >= 4 is 15.9 Å². The van der Waals surface area contributed by atoms with Crippen LogP contribution in [0.4, 0.5) is 0 Å². The molecular weight excluding hydrogens is 434 g/mol. The number of rotatable bonds is 4. The molecule has 7 heteroatoms. The minimum atomic E-state index is -3.64. The maximum Gasteiger partial charge on any atom is 0.253 e. The smallest absolute Gasteiger partial charge is 0.253 e. The Morgan fingerprint density at radius 3 is 1.73 bits per heavy atom. The van der Waals surface area contributed by atoms with E-state index in [2.05, 4.69) is 0 Å². The summed E-state index contributed by atoms with van der Waals surface area (Å²) in [4.78, 5) is 15.2. The van der Waals surface area contributed by atoms with Crippen LogP contribution >= 0.6 is 0 Å². The third-order valence-electron chi connectivity index (χ3n) is 7.07. The monoisotopic (exact) mass is 465 g/mol. The summed E-state index contributed by atoms with van der Waals surface area (Å²) >= 11 is 0. The van der Waals surface area contributed by atoms with Crippen LogP contribution in [0.2, 0.25) is 0 Å². The largest absolute Gasteiger partial charge is 0.336 e. The van der Waals surface area contributed by atoms with Gasteiger partial charge in [-0.1, -0.05) is 0 Å². The van der Waals surface area contributed by atoms with Crippen LogP contribution in [-0.2, 0) is 10.0 Å². The number of nitrogens with zero attached hydrogens (tertiary/aromatic N) is 3. The molecule has 0 saturated carbocycles. The lowest BCUT2D eigenvalue weighted by molar-refractivity contribution is 0.0698. The second kappa shape index (κ2) is 8.80. The highest BCUT2D eigenvalue weighted by atomic mass is 32.2. The molecule has 2 heterocycles. The van der Waals surface area contributed by atoms with Gasteiger partial charge < -0.3 is 9.47 Å². The van der Waals surface area contributed by atoms with Crippen molar-refractivity contribution in [1.29, 1.82) is 0 Å². The third-order valence-corrected chi connectivity index (χ3v) is 9.25. The number of aromatic nitrogens is 1. The summed E-state index contributed by atoms with van der Waals surface area (Å²) in [5.74, 6) is -0.0690. The van der Waals surface area contributed by atoms with Crippen LogP contribution in [0, 0.1) is 34.6 Å². The molecule has 1 saturated heterocycles. The van der Waals surface area contributed by atoms with Crippen molar-refractivity contribution in [3.05, 3.63) is 82.2 Å². The van der Waals surface area contributed by atoms with Crippen LogP contribution in [0.5, 0.6) is 0 Å². The van der Waals surface area contributed by atoms with Gasteiger partial charge in [0.1, 0.15) is 0 Å². The fourth-order valence-corrected chi connectivity index (χ4v) is 6.56. The molecule has 1 fully saturated rings. The summed E-state index contributed by atoms with van der Waals surface area (Å²) in [5, 5.41) is 0. The Morgan fingerprint density at radius 1 is 0.727 bits per heavy atom. The quantitative estimate of drug-likeness (QED) is 0.581. The van der Waals surface area contributed by atoms with Gasteiger partial charge in [0.15, 0.2) is 0 Å². The van der Waals surface area contributed by atoms with Gasteiger partial charge in [-0.2, -0.15) is 4.31 Å². The standard InChI is InChI=1S/C26H31N3O3S/c1-18-19(2)21(4)25(22(5)20(18)3)33(31,32)29-16-14-28(15-17-29)26(30)23-8-10-24(11-9-23)27-12-6-7-13-27/h6-13H,14-17H2,1-5H3. The minimum absolute atomic E-state index is 0.0690. The van der Waals surface area contributed by atoms with Crippen molar-refractivity contribution in [2.75, 3.05) is 26.2 Å². The van der Waals surface area contributed by atoms with Gasteiger partial charge in [-0.05, 0) is 98.8 Å². The summed E-state index contributed by atoms with van der Waals surface area (Å²) < 4.78 is 30.6. The number of piperazine rings is 1. The van der Waals surface area contributed by atoms with Gasteiger partial charge in [0.05, 0.1) is 4.90 Å². The highest BCUT2D eigenvalue weighted by molar-refractivity contribution is 7.89. The zero-order valence-electron chi connectivity index (χ0n) is 19.9. The second-order valence-electron chi connectivity index (χ2n) is 8.79. The lowest BCUT2D eigenvalue weighted by Crippen LogP contribution is -2.50. The van der Waals surface area contributed by atoms with Crippen LogP contribution in [0.1, 0.15) is 38.2 Å². The van der Waals surface area contributed by atoms with Crippen molar-refractivity contribution in [3.63, 3.8) is 0 Å². The van der Waals surface area contributed by atoms with Gasteiger partial charge in [-0.15, -0.1) is 0 Å². The van der Waals surface area contributed by atoms with Crippen molar-refractivity contribution in [2.45, 2.75) is 39.5 Å². The fraction of sp³-hybridized carbons (Fsp3) is 0.346. The van der Waals surface area contributed by atoms with Gasteiger partial charge >= 0.3 is 0 Å². The first-order valence-corrected chi connectivity index (χ1v) is 12.7. The highest BCUT2D eigenvalue weighted by Gasteiger charge is 2.33. The average Bonchev–Trinajstić information content (AvgIpc) is 3.36. The van der Waals surface area contributed by atoms with Gasteiger partial charge in [-0.3, -0.25) is 4.79 Å². The van der Waals surface area contributed by atoms with Crippen molar-refractivity contribution < 1.29 is 13.2 Å². The molecule has 1 aliphatic heterocycles. The molecule has 0 unspecified atom stereocenters. The molecule has 0 radical (unpaired) electrons. The summed E-state index contributed by atoms with van der Waals surface area (Å²) in [6, 6.07) is 11.4. The van der Waals surface area contributed by atoms with E-state index in [0.717, 1.165) is 33.5 Å². The fourth-order valence-electron chi connectivity index (χ4n) is 4.58. The molecule has 0 aliphatic carbocycles. The van der Waals surface area contributed by atoms with Crippen molar-refractivity contribution in [3.8, 4) is 5.69 Å². The highest BCUT2D eigenvalue weighted by Crippen LogP contribution is 2.32. The third kappa shape index (κ3) is 4.11. The Bertz CT molecular complexity index is 1260. The molecular formula is C26H31N3O3S. The van der Waals surface area contributed by atoms with Crippen LogP contribution in [-0.4, -0.2) is 54.3 Å². The second-order valence-corrected chi connectivity index (χ2v) is 10.7. The van der Waals surface area contributed by atoms with Gasteiger partial charge in [0.2, 0.25) is 10.0 Å². The Labute approximate surface area is 196 Å². The van der Waals surface area contributed by atoms with Crippen LogP contribution in [0.25, 0.3) is 5.69 Å². The average molecular weight is 466 g/mol. The summed E-state index contributed by atoms with van der Waals surface area (Å²) in [5.41, 5.74) is 6.42. The van der Waals surface area contributed by atoms with E-state index in [1.54, 1.807) is 4.90 Å². The minimum Gasteiger partial charge on any atom is -0.336 e. The molecule has 4 rings (SSSR count). The molecule has 0 bridgehead atoms. The zero-order valence-corrected chi connectivity index (χ0v) is 20.7. The van der Waals surface area contributed by atoms with E-state index in [1.807, 2.05) is 88.0 Å².